The Morgan fingerprint density at radius 1 is 1.37 bits per heavy atom. The van der Waals surface area contributed by atoms with E-state index in [9.17, 15) is 9.59 Å². The summed E-state index contributed by atoms with van der Waals surface area (Å²) in [5.41, 5.74) is 1.19. The molecule has 0 radical (unpaired) electrons. The zero-order valence-electron chi connectivity index (χ0n) is 10.7. The van der Waals surface area contributed by atoms with Gasteiger partial charge in [0.15, 0.2) is 0 Å². The van der Waals surface area contributed by atoms with E-state index in [1.807, 2.05) is 24.3 Å². The number of hydrogen-bond acceptors (Lipinski definition) is 3. The van der Waals surface area contributed by atoms with E-state index in [2.05, 4.69) is 26.0 Å². The first-order valence-electron chi connectivity index (χ1n) is 6.22. The molecule has 1 aromatic carbocycles. The number of nitrogens with one attached hydrogen (secondary N) is 1. The molecule has 1 N–H and O–H groups in total. The summed E-state index contributed by atoms with van der Waals surface area (Å²) in [5, 5.41) is 2.77. The number of benzene rings is 1. The Labute approximate surface area is 120 Å². The number of halogens is 1. The van der Waals surface area contributed by atoms with Crippen LogP contribution in [0.1, 0.15) is 24.3 Å². The van der Waals surface area contributed by atoms with Crippen LogP contribution in [0.2, 0.25) is 0 Å². The van der Waals surface area contributed by atoms with Crippen LogP contribution in [0.15, 0.2) is 28.7 Å². The van der Waals surface area contributed by atoms with Gasteiger partial charge in [0.2, 0.25) is 5.91 Å². The van der Waals surface area contributed by atoms with Crippen molar-refractivity contribution in [3.05, 3.63) is 34.3 Å². The average Bonchev–Trinajstić information content (AvgIpc) is 3.19. The Morgan fingerprint density at radius 3 is 2.68 bits per heavy atom. The van der Waals surface area contributed by atoms with Crippen LogP contribution < -0.4 is 5.32 Å². The molecular weight excluding hydrogens is 310 g/mol. The molecular formula is C14H16BrNO3. The lowest BCUT2D eigenvalue weighted by Gasteiger charge is -2.04. The Kier molecular flexibility index (Phi) is 4.58. The molecule has 0 bridgehead atoms. The molecule has 102 valence electrons. The molecule has 1 saturated carbocycles. The van der Waals surface area contributed by atoms with Gasteiger partial charge in [-0.05, 0) is 30.0 Å². The molecule has 1 aliphatic rings. The van der Waals surface area contributed by atoms with Crippen molar-refractivity contribution >= 4 is 27.8 Å². The molecule has 0 saturated heterocycles. The third-order valence-corrected chi connectivity index (χ3v) is 3.81. The van der Waals surface area contributed by atoms with E-state index >= 15 is 0 Å². The minimum atomic E-state index is -0.305. The second kappa shape index (κ2) is 6.19. The highest BCUT2D eigenvalue weighted by atomic mass is 79.9. The minimum absolute atomic E-state index is 0.0248. The quantitative estimate of drug-likeness (QED) is 0.844. The zero-order valence-corrected chi connectivity index (χ0v) is 12.3. The molecule has 1 aromatic rings. The van der Waals surface area contributed by atoms with Gasteiger partial charge in [0.05, 0.1) is 13.5 Å². The molecule has 19 heavy (non-hydrogen) atoms. The number of methoxy groups -OCH3 is 1. The largest absolute Gasteiger partial charge is 0.469 e. The number of esters is 1. The van der Waals surface area contributed by atoms with Crippen LogP contribution in [0.5, 0.6) is 0 Å². The predicted molar refractivity (Wildman–Crippen MR) is 74.6 cm³/mol. The van der Waals surface area contributed by atoms with Gasteiger partial charge in [-0.25, -0.2) is 0 Å². The van der Waals surface area contributed by atoms with Crippen LogP contribution in [0, 0.1) is 5.92 Å². The molecule has 0 unspecified atom stereocenters. The number of hydrogen-bond donors (Lipinski definition) is 1. The molecule has 4 nitrogen and oxygen atoms in total. The van der Waals surface area contributed by atoms with Gasteiger partial charge in [0, 0.05) is 16.9 Å². The third kappa shape index (κ3) is 3.80. The second-order valence-electron chi connectivity index (χ2n) is 4.62. The average molecular weight is 326 g/mol. The highest BCUT2D eigenvalue weighted by Gasteiger charge is 2.43. The monoisotopic (exact) mass is 325 g/mol. The maximum Gasteiger partial charge on any atom is 0.307 e. The molecule has 0 aliphatic heterocycles. The summed E-state index contributed by atoms with van der Waals surface area (Å²) in [6, 6.07) is 8.05. The molecule has 2 rings (SSSR count). The van der Waals surface area contributed by atoms with Gasteiger partial charge < -0.3 is 10.1 Å². The normalized spacial score (nSPS) is 20.7. The van der Waals surface area contributed by atoms with Gasteiger partial charge >= 0.3 is 5.97 Å². The van der Waals surface area contributed by atoms with Gasteiger partial charge in [-0.15, -0.1) is 0 Å². The molecule has 2 atom stereocenters. The van der Waals surface area contributed by atoms with Crippen molar-refractivity contribution in [1.82, 2.24) is 5.32 Å². The predicted octanol–water partition coefficient (Wildman–Crippen LogP) is 2.23. The molecule has 0 aromatic heterocycles. The van der Waals surface area contributed by atoms with Gasteiger partial charge in [-0.3, -0.25) is 9.59 Å². The van der Waals surface area contributed by atoms with E-state index in [1.54, 1.807) is 0 Å². The van der Waals surface area contributed by atoms with Crippen molar-refractivity contribution in [3.63, 3.8) is 0 Å². The van der Waals surface area contributed by atoms with Crippen molar-refractivity contribution in [1.29, 1.82) is 0 Å². The van der Waals surface area contributed by atoms with E-state index in [0.717, 1.165) is 10.9 Å². The number of ether oxygens (including phenoxy) is 1. The van der Waals surface area contributed by atoms with E-state index < -0.39 is 0 Å². The van der Waals surface area contributed by atoms with E-state index in [1.165, 1.54) is 12.7 Å². The second-order valence-corrected chi connectivity index (χ2v) is 5.53. The topological polar surface area (TPSA) is 55.4 Å². The number of carbonyl (C=O) groups excluding carboxylic acids is 2. The summed E-state index contributed by atoms with van der Waals surface area (Å²) in [6.45, 7) is 0.342. The Balaban J connectivity index is 1.77. The number of rotatable bonds is 5. The van der Waals surface area contributed by atoms with Crippen LogP contribution in [0.4, 0.5) is 0 Å². The maximum absolute atomic E-state index is 11.9. The summed E-state index contributed by atoms with van der Waals surface area (Å²) >= 11 is 3.39. The first-order valence-corrected chi connectivity index (χ1v) is 7.01. The molecule has 1 aliphatic carbocycles. The minimum Gasteiger partial charge on any atom is -0.469 e. The molecule has 5 heteroatoms. The van der Waals surface area contributed by atoms with Gasteiger partial charge in [0.25, 0.3) is 0 Å². The van der Waals surface area contributed by atoms with Crippen LogP contribution >= 0.6 is 15.9 Å². The molecule has 1 fully saturated rings. The van der Waals surface area contributed by atoms with Crippen LogP contribution in [-0.4, -0.2) is 25.5 Å². The fraction of sp³-hybridized carbons (Fsp3) is 0.429. The lowest BCUT2D eigenvalue weighted by molar-refractivity contribution is -0.140. The van der Waals surface area contributed by atoms with Crippen molar-refractivity contribution < 1.29 is 14.3 Å². The summed E-state index contributed by atoms with van der Waals surface area (Å²) in [4.78, 5) is 22.8. The van der Waals surface area contributed by atoms with E-state index in [0.29, 0.717) is 12.5 Å². The molecule has 0 heterocycles. The van der Waals surface area contributed by atoms with Crippen LogP contribution in [0.3, 0.4) is 0 Å². The van der Waals surface area contributed by atoms with Crippen LogP contribution in [0.25, 0.3) is 0 Å². The SMILES string of the molecule is COC(=O)CCNC(=O)[C@@H]1C[C@H]1c1ccc(Br)cc1. The lowest BCUT2D eigenvalue weighted by atomic mass is 10.1. The highest BCUT2D eigenvalue weighted by Crippen LogP contribution is 2.47. The lowest BCUT2D eigenvalue weighted by Crippen LogP contribution is -2.28. The van der Waals surface area contributed by atoms with E-state index in [-0.39, 0.29) is 24.2 Å². The maximum atomic E-state index is 11.9. The van der Waals surface area contributed by atoms with Crippen molar-refractivity contribution in [3.8, 4) is 0 Å². The van der Waals surface area contributed by atoms with Crippen molar-refractivity contribution in [2.45, 2.75) is 18.8 Å². The van der Waals surface area contributed by atoms with Gasteiger partial charge in [-0.2, -0.15) is 0 Å². The smallest absolute Gasteiger partial charge is 0.307 e. The molecule has 1 amide bonds. The fourth-order valence-electron chi connectivity index (χ4n) is 2.08. The third-order valence-electron chi connectivity index (χ3n) is 3.28. The molecule has 0 spiro atoms. The highest BCUT2D eigenvalue weighted by molar-refractivity contribution is 9.10. The fourth-order valence-corrected chi connectivity index (χ4v) is 2.35. The zero-order chi connectivity index (χ0) is 13.8. The number of amides is 1. The van der Waals surface area contributed by atoms with Gasteiger partial charge in [-0.1, -0.05) is 28.1 Å². The first kappa shape index (κ1) is 14.1. The standard InChI is InChI=1S/C14H16BrNO3/c1-19-13(17)6-7-16-14(18)12-8-11(12)9-2-4-10(15)5-3-9/h2-5,11-12H,6-8H2,1H3,(H,16,18)/t11-,12+/m0/s1. The first-order chi connectivity index (χ1) is 9.11. The Hall–Kier alpha value is -1.36. The summed E-state index contributed by atoms with van der Waals surface area (Å²) in [6.07, 6.45) is 1.10. The van der Waals surface area contributed by atoms with Crippen molar-refractivity contribution in [2.75, 3.05) is 13.7 Å². The summed E-state index contributed by atoms with van der Waals surface area (Å²) < 4.78 is 5.55. The van der Waals surface area contributed by atoms with Gasteiger partial charge in [0.1, 0.15) is 0 Å². The Bertz CT molecular complexity index is 472. The van der Waals surface area contributed by atoms with E-state index in [4.69, 9.17) is 0 Å². The van der Waals surface area contributed by atoms with Crippen LogP contribution in [-0.2, 0) is 14.3 Å². The Morgan fingerprint density at radius 2 is 2.05 bits per heavy atom. The van der Waals surface area contributed by atoms with Crippen molar-refractivity contribution in [2.24, 2.45) is 5.92 Å². The number of carbonyl (C=O) groups is 2. The summed E-state index contributed by atoms with van der Waals surface area (Å²) in [7, 11) is 1.34. The summed E-state index contributed by atoms with van der Waals surface area (Å²) in [5.74, 6) is 0.0717.